The third-order valence-electron chi connectivity index (χ3n) is 10.2. The second-order valence-electron chi connectivity index (χ2n) is 14.5. The molecule has 12 aromatic rings. The molecule has 7 aromatic heterocycles. The summed E-state index contributed by atoms with van der Waals surface area (Å²) in [7, 11) is 3.10. The fraction of sp³-hybridized carbons (Fsp3) is 0.0833. The van der Waals surface area contributed by atoms with Crippen molar-refractivity contribution in [1.82, 2.24) is 58.6 Å². The van der Waals surface area contributed by atoms with E-state index in [1.165, 1.54) is 0 Å². The van der Waals surface area contributed by atoms with Crippen LogP contribution in [0, 0.1) is 0 Å². The van der Waals surface area contributed by atoms with E-state index in [0.29, 0.717) is 61.5 Å². The van der Waals surface area contributed by atoms with Gasteiger partial charge in [-0.25, -0.2) is 29.9 Å². The molecule has 0 radical (unpaired) electrons. The molecule has 0 aliphatic rings. The van der Waals surface area contributed by atoms with Crippen molar-refractivity contribution in [1.29, 1.82) is 0 Å². The van der Waals surface area contributed by atoms with Crippen LogP contribution in [-0.2, 0) is 9.47 Å². The minimum absolute atomic E-state index is 0.0979. The number of aromatic nitrogens is 12. The van der Waals surface area contributed by atoms with E-state index in [4.69, 9.17) is 55.9 Å². The quantitative estimate of drug-likeness (QED) is 0.0717. The van der Waals surface area contributed by atoms with Gasteiger partial charge in [0.25, 0.3) is 16.7 Å². The van der Waals surface area contributed by atoms with Gasteiger partial charge in [-0.15, -0.1) is 0 Å². The predicted octanol–water partition coefficient (Wildman–Crippen LogP) is 9.18. The van der Waals surface area contributed by atoms with Crippen LogP contribution < -0.4 is 22.0 Å². The average molecular weight is 1020 g/mol. The first-order chi connectivity index (χ1) is 34.0. The number of nitrogens with zero attached hydrogens (tertiary/aromatic N) is 9. The first kappa shape index (κ1) is 48.6. The molecule has 0 saturated heterocycles. The van der Waals surface area contributed by atoms with E-state index in [2.05, 4.69) is 55.2 Å². The summed E-state index contributed by atoms with van der Waals surface area (Å²) in [5, 5.41) is 7.73. The summed E-state index contributed by atoms with van der Waals surface area (Å²) in [6.45, 7) is 0.397. The molecular weight excluding hydrogens is 980 g/mol. The molecule has 352 valence electrons. The van der Waals surface area contributed by atoms with Gasteiger partial charge in [-0.05, 0) is 83.9 Å². The zero-order chi connectivity index (χ0) is 49.1. The lowest BCUT2D eigenvalue weighted by Crippen LogP contribution is -2.25. The van der Waals surface area contributed by atoms with Gasteiger partial charge in [-0.2, -0.15) is 4.98 Å². The van der Waals surface area contributed by atoms with Gasteiger partial charge in [-0.1, -0.05) is 83.9 Å². The lowest BCUT2D eigenvalue weighted by molar-refractivity contribution is -0.0914. The molecule has 0 aliphatic carbocycles. The van der Waals surface area contributed by atoms with E-state index in [1.54, 1.807) is 69.1 Å². The van der Waals surface area contributed by atoms with Crippen molar-refractivity contribution in [2.45, 2.75) is 6.29 Å². The number of benzene rings is 5. The Kier molecular flexibility index (Phi) is 15.6. The molecule has 0 amide bonds. The molecule has 70 heavy (non-hydrogen) atoms. The molecule has 0 bridgehead atoms. The highest BCUT2D eigenvalue weighted by Crippen LogP contribution is 2.23. The fourth-order valence-electron chi connectivity index (χ4n) is 6.89. The molecule has 12 rings (SSSR count). The first-order valence-corrected chi connectivity index (χ1v) is 22.3. The third-order valence-corrected chi connectivity index (χ3v) is 11.1. The number of aromatic amines is 3. The molecule has 0 aliphatic heterocycles. The maximum Gasteiger partial charge on any atom is 0.260 e. The number of halogens is 4. The molecule has 0 unspecified atom stereocenters. The second kappa shape index (κ2) is 22.5. The Hall–Kier alpha value is -7.84. The van der Waals surface area contributed by atoms with Crippen LogP contribution in [0.25, 0.3) is 66.1 Å². The maximum atomic E-state index is 11.8. The number of hydrogen-bond acceptors (Lipinski definition) is 13. The molecule has 0 atom stereocenters. The van der Waals surface area contributed by atoms with Gasteiger partial charge in [0.15, 0.2) is 6.29 Å². The third kappa shape index (κ3) is 11.4. The summed E-state index contributed by atoms with van der Waals surface area (Å²) >= 11 is 23.0. The van der Waals surface area contributed by atoms with Crippen molar-refractivity contribution < 1.29 is 9.47 Å². The molecular formula is C48H37Cl4N13O5. The summed E-state index contributed by atoms with van der Waals surface area (Å²) in [5.74, 6) is 1.61. The lowest BCUT2D eigenvalue weighted by atomic mass is 10.2. The van der Waals surface area contributed by atoms with E-state index in [9.17, 15) is 14.4 Å². The molecule has 22 heteroatoms. The summed E-state index contributed by atoms with van der Waals surface area (Å²) in [6, 6.07) is 37.0. The molecule has 5 aromatic carbocycles. The van der Waals surface area contributed by atoms with Crippen LogP contribution >= 0.6 is 46.4 Å². The number of imidazole rings is 2. The van der Waals surface area contributed by atoms with E-state index in [0.717, 1.165) is 27.3 Å². The van der Waals surface area contributed by atoms with Crippen LogP contribution in [0.15, 0.2) is 160 Å². The number of ether oxygens (including phenoxy) is 2. The first-order valence-electron chi connectivity index (χ1n) is 20.8. The maximum absolute atomic E-state index is 11.8. The van der Waals surface area contributed by atoms with Crippen molar-refractivity contribution in [2.75, 3.05) is 26.1 Å². The van der Waals surface area contributed by atoms with Crippen LogP contribution in [0.2, 0.25) is 20.9 Å². The van der Waals surface area contributed by atoms with Gasteiger partial charge in [0.05, 0.1) is 50.3 Å². The van der Waals surface area contributed by atoms with E-state index in [1.807, 2.05) is 100 Å². The SMILES string of the molecule is COC(CNc1nc2ccccc2c(=O)[nH]1)OC.Clc1nc(Cl)c2ccccc2n1.Clc1nc2nccn2c2ccccc12.O=c1[nH]c(Cl)nc2ccccc12.O=c1[nH]c2nccn2c2ccccc12. The number of nitrogens with one attached hydrogen (secondary N) is 4. The predicted molar refractivity (Wildman–Crippen MR) is 274 cm³/mol. The Morgan fingerprint density at radius 1 is 0.529 bits per heavy atom. The van der Waals surface area contributed by atoms with Crippen LogP contribution in [0.1, 0.15) is 0 Å². The number of anilines is 1. The van der Waals surface area contributed by atoms with Crippen molar-refractivity contribution >= 4 is 118 Å². The topological polar surface area (TPSA) is 228 Å². The smallest absolute Gasteiger partial charge is 0.260 e. The van der Waals surface area contributed by atoms with Crippen molar-refractivity contribution in [2.24, 2.45) is 0 Å². The van der Waals surface area contributed by atoms with Crippen molar-refractivity contribution in [3.8, 4) is 0 Å². The van der Waals surface area contributed by atoms with Gasteiger partial charge >= 0.3 is 0 Å². The largest absolute Gasteiger partial charge is 0.354 e. The molecule has 18 nitrogen and oxygen atoms in total. The van der Waals surface area contributed by atoms with Gasteiger partial charge in [0.2, 0.25) is 28.1 Å². The fourth-order valence-corrected chi connectivity index (χ4v) is 7.76. The Labute approximate surface area is 414 Å². The van der Waals surface area contributed by atoms with Gasteiger partial charge < -0.3 is 14.8 Å². The second-order valence-corrected chi connectivity index (χ2v) is 15.9. The normalized spacial score (nSPS) is 10.9. The summed E-state index contributed by atoms with van der Waals surface area (Å²) in [6.07, 6.45) is 6.69. The number of methoxy groups -OCH3 is 2. The van der Waals surface area contributed by atoms with Gasteiger partial charge in [-0.3, -0.25) is 38.1 Å². The van der Waals surface area contributed by atoms with Crippen LogP contribution in [0.4, 0.5) is 5.95 Å². The van der Waals surface area contributed by atoms with Gasteiger partial charge in [0.1, 0.15) is 10.3 Å². The van der Waals surface area contributed by atoms with E-state index < -0.39 is 0 Å². The zero-order valence-corrected chi connectivity index (χ0v) is 39.7. The monoisotopic (exact) mass is 1020 g/mol. The van der Waals surface area contributed by atoms with Crippen LogP contribution in [-0.4, -0.2) is 85.7 Å². The Balaban J connectivity index is 0.000000119. The van der Waals surface area contributed by atoms with Crippen LogP contribution in [0.5, 0.6) is 0 Å². The number of fused-ring (bicyclic) bond motifs is 9. The highest BCUT2D eigenvalue weighted by molar-refractivity contribution is 6.35. The Bertz CT molecular complexity index is 3950. The van der Waals surface area contributed by atoms with Gasteiger partial charge in [0, 0.05) is 49.8 Å². The highest BCUT2D eigenvalue weighted by Gasteiger charge is 2.09. The standard InChI is InChI=1S/C12H15N3O3.C10H6ClN3.C10H7N3O.C8H4Cl2N2.C8H5ClN2O/c1-17-10(18-2)7-13-12-14-9-6-4-3-5-8(9)11(16)15-12;11-9-7-3-1-2-4-8(7)14-6-5-12-10(14)13-9;14-9-7-3-1-2-4-8(7)13-6-5-11-10(13)12-9;9-7-5-3-1-2-4-6(5)11-8(10)12-7;9-8-10-6-4-2-1-3-5(6)7(12)11-8/h3-6,10H,7H2,1-2H3,(H2,13,14,15,16);1-6H;1-6H,(H,11,12,14);1-4H;1-4H,(H,10,11,12). The molecule has 4 N–H and O–H groups in total. The summed E-state index contributed by atoms with van der Waals surface area (Å²) in [4.78, 5) is 70.8. The summed E-state index contributed by atoms with van der Waals surface area (Å²) in [5.41, 5.74) is 3.46. The lowest BCUT2D eigenvalue weighted by Gasteiger charge is -2.14. The highest BCUT2D eigenvalue weighted by atomic mass is 35.5. The Morgan fingerprint density at radius 3 is 1.70 bits per heavy atom. The number of H-pyrrole nitrogens is 3. The minimum Gasteiger partial charge on any atom is -0.354 e. The summed E-state index contributed by atoms with van der Waals surface area (Å²) < 4.78 is 13.8. The number of para-hydroxylation sites is 5. The number of rotatable bonds is 5. The van der Waals surface area contributed by atoms with Crippen molar-refractivity contribution in [3.63, 3.8) is 0 Å². The molecule has 0 saturated carbocycles. The van der Waals surface area contributed by atoms with E-state index in [-0.39, 0.29) is 33.5 Å². The average Bonchev–Trinajstić information content (AvgIpc) is 4.06. The minimum atomic E-state index is -0.387. The zero-order valence-electron chi connectivity index (χ0n) is 36.7. The molecule has 0 fully saturated rings. The molecule has 7 heterocycles. The number of hydrogen-bond donors (Lipinski definition) is 4. The molecule has 0 spiro atoms. The van der Waals surface area contributed by atoms with Crippen LogP contribution in [0.3, 0.4) is 0 Å². The van der Waals surface area contributed by atoms with E-state index >= 15 is 0 Å². The Morgan fingerprint density at radius 2 is 1.03 bits per heavy atom. The van der Waals surface area contributed by atoms with Crippen molar-refractivity contribution in [3.05, 3.63) is 198 Å².